The van der Waals surface area contributed by atoms with E-state index in [1.54, 1.807) is 40.0 Å². The van der Waals surface area contributed by atoms with Crippen molar-refractivity contribution in [2.24, 2.45) is 7.05 Å². The molecule has 0 bridgehead atoms. The number of benzene rings is 1. The number of anilines is 1. The molecule has 0 atom stereocenters. The van der Waals surface area contributed by atoms with Crippen LogP contribution in [0.1, 0.15) is 0 Å². The fourth-order valence-electron chi connectivity index (χ4n) is 1.77. The molecular formula is C11H10ClN7. The van der Waals surface area contributed by atoms with Gasteiger partial charge in [-0.25, -0.2) is 0 Å². The molecule has 8 heteroatoms. The van der Waals surface area contributed by atoms with Crippen molar-refractivity contribution in [3.63, 3.8) is 0 Å². The highest BCUT2D eigenvalue weighted by atomic mass is 35.5. The first-order chi connectivity index (χ1) is 9.15. The van der Waals surface area contributed by atoms with Crippen LogP contribution in [0.5, 0.6) is 0 Å². The summed E-state index contributed by atoms with van der Waals surface area (Å²) in [6.45, 7) is 0. The number of tetrazole rings is 1. The van der Waals surface area contributed by atoms with E-state index in [0.29, 0.717) is 22.1 Å². The van der Waals surface area contributed by atoms with Gasteiger partial charge in [0, 0.05) is 23.3 Å². The van der Waals surface area contributed by atoms with E-state index >= 15 is 0 Å². The molecule has 19 heavy (non-hydrogen) atoms. The van der Waals surface area contributed by atoms with Crippen molar-refractivity contribution in [3.8, 4) is 17.1 Å². The minimum atomic E-state index is 0.521. The van der Waals surface area contributed by atoms with E-state index in [4.69, 9.17) is 17.3 Å². The zero-order valence-electron chi connectivity index (χ0n) is 10.0. The predicted molar refractivity (Wildman–Crippen MR) is 70.8 cm³/mol. The van der Waals surface area contributed by atoms with E-state index in [-0.39, 0.29) is 0 Å². The van der Waals surface area contributed by atoms with Crippen LogP contribution in [0.3, 0.4) is 0 Å². The number of hydrogen-bond acceptors (Lipinski definition) is 5. The van der Waals surface area contributed by atoms with Gasteiger partial charge < -0.3 is 5.73 Å². The van der Waals surface area contributed by atoms with Gasteiger partial charge in [0.25, 0.3) is 0 Å². The number of hydrogen-bond donors (Lipinski definition) is 1. The first-order valence-electron chi connectivity index (χ1n) is 5.48. The summed E-state index contributed by atoms with van der Waals surface area (Å²) in [6, 6.07) is 5.17. The lowest BCUT2D eigenvalue weighted by atomic mass is 10.1. The van der Waals surface area contributed by atoms with Gasteiger partial charge in [0.2, 0.25) is 0 Å². The normalized spacial score (nSPS) is 10.8. The molecule has 0 saturated carbocycles. The first-order valence-corrected chi connectivity index (χ1v) is 5.86. The molecule has 0 radical (unpaired) electrons. The fraction of sp³-hybridized carbons (Fsp3) is 0.0909. The molecule has 0 aliphatic carbocycles. The van der Waals surface area contributed by atoms with Gasteiger partial charge in [0.15, 0.2) is 5.82 Å². The minimum Gasteiger partial charge on any atom is -0.398 e. The Kier molecular flexibility index (Phi) is 2.68. The van der Waals surface area contributed by atoms with Crippen molar-refractivity contribution < 1.29 is 0 Å². The molecule has 7 nitrogen and oxygen atoms in total. The Labute approximate surface area is 113 Å². The third-order valence-electron chi connectivity index (χ3n) is 2.66. The highest BCUT2D eigenvalue weighted by Gasteiger charge is 2.14. The van der Waals surface area contributed by atoms with Crippen LogP contribution in [0.15, 0.2) is 30.6 Å². The van der Waals surface area contributed by atoms with Crippen LogP contribution in [0.2, 0.25) is 5.02 Å². The second-order valence-corrected chi connectivity index (χ2v) is 4.45. The highest BCUT2D eigenvalue weighted by Crippen LogP contribution is 2.27. The Bertz CT molecular complexity index is 730. The van der Waals surface area contributed by atoms with Gasteiger partial charge in [-0.2, -0.15) is 9.78 Å². The minimum absolute atomic E-state index is 0.521. The second kappa shape index (κ2) is 4.36. The molecule has 0 aliphatic rings. The summed E-state index contributed by atoms with van der Waals surface area (Å²) < 4.78 is 3.23. The van der Waals surface area contributed by atoms with Gasteiger partial charge in [0.1, 0.15) is 5.69 Å². The quantitative estimate of drug-likeness (QED) is 0.712. The molecule has 96 valence electrons. The van der Waals surface area contributed by atoms with Gasteiger partial charge in [-0.05, 0) is 28.6 Å². The predicted octanol–water partition coefficient (Wildman–Crippen LogP) is 1.30. The van der Waals surface area contributed by atoms with Crippen molar-refractivity contribution in [2.75, 3.05) is 5.73 Å². The molecule has 2 aromatic heterocycles. The van der Waals surface area contributed by atoms with E-state index in [9.17, 15) is 0 Å². The van der Waals surface area contributed by atoms with Gasteiger partial charge in [-0.15, -0.1) is 5.10 Å². The molecular weight excluding hydrogens is 266 g/mol. The third-order valence-corrected chi connectivity index (χ3v) is 2.90. The number of aromatic nitrogens is 6. The molecule has 0 spiro atoms. The number of rotatable bonds is 2. The lowest BCUT2D eigenvalue weighted by molar-refractivity contribution is 0.762. The maximum atomic E-state index is 5.99. The molecule has 3 rings (SSSR count). The zero-order valence-corrected chi connectivity index (χ0v) is 10.8. The number of halogens is 1. The van der Waals surface area contributed by atoms with E-state index in [1.807, 2.05) is 7.05 Å². The third kappa shape index (κ3) is 2.04. The van der Waals surface area contributed by atoms with Gasteiger partial charge in [0.05, 0.1) is 12.4 Å². The van der Waals surface area contributed by atoms with Crippen molar-refractivity contribution in [1.82, 2.24) is 30.0 Å². The molecule has 0 fully saturated rings. The highest BCUT2D eigenvalue weighted by molar-refractivity contribution is 6.31. The average Bonchev–Trinajstić information content (AvgIpc) is 3.00. The maximum absolute atomic E-state index is 5.99. The van der Waals surface area contributed by atoms with Gasteiger partial charge in [-0.3, -0.25) is 4.68 Å². The van der Waals surface area contributed by atoms with Crippen LogP contribution >= 0.6 is 11.6 Å². The first kappa shape index (κ1) is 11.7. The molecule has 3 aromatic rings. The van der Waals surface area contributed by atoms with Crippen LogP contribution in [-0.4, -0.2) is 30.0 Å². The topological polar surface area (TPSA) is 87.4 Å². The van der Waals surface area contributed by atoms with E-state index in [1.165, 1.54) is 0 Å². The monoisotopic (exact) mass is 275 g/mol. The van der Waals surface area contributed by atoms with Crippen LogP contribution in [0, 0.1) is 0 Å². The zero-order chi connectivity index (χ0) is 13.4. The molecule has 0 unspecified atom stereocenters. The number of nitrogens with zero attached hydrogens (tertiary/aromatic N) is 6. The van der Waals surface area contributed by atoms with Crippen LogP contribution < -0.4 is 5.73 Å². The second-order valence-electron chi connectivity index (χ2n) is 4.02. The van der Waals surface area contributed by atoms with Crippen LogP contribution in [0.25, 0.3) is 17.1 Å². The summed E-state index contributed by atoms with van der Waals surface area (Å²) in [6.07, 6.45) is 3.47. The molecule has 0 amide bonds. The summed E-state index contributed by atoms with van der Waals surface area (Å²) in [5.74, 6) is 0.521. The summed E-state index contributed by atoms with van der Waals surface area (Å²) in [5.41, 5.74) is 7.94. The van der Waals surface area contributed by atoms with Gasteiger partial charge in [-0.1, -0.05) is 11.6 Å². The Morgan fingerprint density at radius 1 is 1.32 bits per heavy atom. The Morgan fingerprint density at radius 3 is 2.89 bits per heavy atom. The van der Waals surface area contributed by atoms with Crippen LogP contribution in [0.4, 0.5) is 5.69 Å². The van der Waals surface area contributed by atoms with Gasteiger partial charge >= 0.3 is 0 Å². The van der Waals surface area contributed by atoms with Crippen molar-refractivity contribution in [3.05, 3.63) is 35.6 Å². The molecule has 2 heterocycles. The summed E-state index contributed by atoms with van der Waals surface area (Å²) in [5, 5.41) is 16.3. The lowest BCUT2D eigenvalue weighted by Gasteiger charge is -2.05. The largest absolute Gasteiger partial charge is 0.398 e. The smallest absolute Gasteiger partial charge is 0.189 e. The van der Waals surface area contributed by atoms with Crippen molar-refractivity contribution in [1.29, 1.82) is 0 Å². The van der Waals surface area contributed by atoms with E-state index < -0.39 is 0 Å². The average molecular weight is 276 g/mol. The molecule has 0 aliphatic heterocycles. The van der Waals surface area contributed by atoms with E-state index in [2.05, 4.69) is 20.6 Å². The standard InChI is InChI=1S/C11H10ClN7/c1-18-6-8(5-14-18)19-11(15-16-17-19)9-4-7(12)2-3-10(9)13/h2-6H,13H2,1H3. The number of nitrogen functional groups attached to an aromatic ring is 1. The summed E-state index contributed by atoms with van der Waals surface area (Å²) in [7, 11) is 1.82. The Balaban J connectivity index is 2.17. The van der Waals surface area contributed by atoms with E-state index in [0.717, 1.165) is 5.69 Å². The molecule has 2 N–H and O–H groups in total. The number of nitrogens with two attached hydrogens (primary N) is 1. The SMILES string of the molecule is Cn1cc(-n2nnnc2-c2cc(Cl)ccc2N)cn1. The Hall–Kier alpha value is -2.41. The van der Waals surface area contributed by atoms with Crippen molar-refractivity contribution >= 4 is 17.3 Å². The lowest BCUT2D eigenvalue weighted by Crippen LogP contribution is -2.01. The Morgan fingerprint density at radius 2 is 2.16 bits per heavy atom. The maximum Gasteiger partial charge on any atom is 0.189 e. The van der Waals surface area contributed by atoms with Crippen molar-refractivity contribution in [2.45, 2.75) is 0 Å². The number of aryl methyl sites for hydroxylation is 1. The summed E-state index contributed by atoms with van der Waals surface area (Å²) in [4.78, 5) is 0. The molecule has 0 saturated heterocycles. The molecule has 1 aromatic carbocycles. The van der Waals surface area contributed by atoms with Crippen LogP contribution in [-0.2, 0) is 7.05 Å². The summed E-state index contributed by atoms with van der Waals surface area (Å²) >= 11 is 5.99. The fourth-order valence-corrected chi connectivity index (χ4v) is 1.94.